The summed E-state index contributed by atoms with van der Waals surface area (Å²) in [6.07, 6.45) is 2.00. The summed E-state index contributed by atoms with van der Waals surface area (Å²) in [5.41, 5.74) is 10.1. The van der Waals surface area contributed by atoms with Gasteiger partial charge in [-0.1, -0.05) is 82.7 Å². The molecule has 3 heteroatoms. The summed E-state index contributed by atoms with van der Waals surface area (Å²) in [5.74, 6) is 0. The first-order valence-electron chi connectivity index (χ1n) is 11.3. The molecule has 0 aliphatic heterocycles. The summed E-state index contributed by atoms with van der Waals surface area (Å²) < 4.78 is 3.39. The van der Waals surface area contributed by atoms with Crippen molar-refractivity contribution in [2.24, 2.45) is 4.99 Å². The molecule has 0 saturated heterocycles. The van der Waals surface area contributed by atoms with Crippen LogP contribution in [-0.4, -0.2) is 10.8 Å². The minimum absolute atomic E-state index is 0.967. The Balaban J connectivity index is 1.77. The quantitative estimate of drug-likeness (QED) is 0.212. The molecule has 4 aromatic carbocycles. The number of aryl methyl sites for hydroxylation is 2. The van der Waals surface area contributed by atoms with Gasteiger partial charge in [-0.2, -0.15) is 0 Å². The van der Waals surface area contributed by atoms with E-state index in [-0.39, 0.29) is 0 Å². The number of hydrogen-bond acceptors (Lipinski definition) is 1. The van der Waals surface area contributed by atoms with E-state index in [2.05, 4.69) is 144 Å². The molecular weight excluding hydrogens is 480 g/mol. The fraction of sp³-hybridized carbons (Fsp3) is 0.0645. The average molecular weight is 505 g/mol. The van der Waals surface area contributed by atoms with Crippen LogP contribution in [-0.2, 0) is 0 Å². The molecule has 0 saturated carbocycles. The van der Waals surface area contributed by atoms with E-state index >= 15 is 0 Å². The molecule has 0 spiro atoms. The number of hydrogen-bond donors (Lipinski definition) is 0. The number of aromatic nitrogens is 1. The first-order chi connectivity index (χ1) is 16.6. The lowest BCUT2D eigenvalue weighted by molar-refractivity contribution is 1.09. The van der Waals surface area contributed by atoms with Crippen molar-refractivity contribution in [1.29, 1.82) is 0 Å². The second-order valence-electron chi connectivity index (χ2n) is 8.48. The van der Waals surface area contributed by atoms with Gasteiger partial charge in [0.1, 0.15) is 0 Å². The summed E-state index contributed by atoms with van der Waals surface area (Å²) in [6.45, 7) is 4.22. The highest BCUT2D eigenvalue weighted by Crippen LogP contribution is 2.36. The van der Waals surface area contributed by atoms with Gasteiger partial charge < -0.3 is 4.57 Å². The monoisotopic (exact) mass is 504 g/mol. The lowest BCUT2D eigenvalue weighted by Crippen LogP contribution is -2.00. The van der Waals surface area contributed by atoms with E-state index in [1.165, 1.54) is 11.1 Å². The molecule has 0 atom stereocenters. The summed E-state index contributed by atoms with van der Waals surface area (Å²) in [7, 11) is 0. The first kappa shape index (κ1) is 22.1. The Bertz CT molecular complexity index is 1430. The molecule has 0 aliphatic carbocycles. The van der Waals surface area contributed by atoms with Crippen molar-refractivity contribution in [2.45, 2.75) is 13.8 Å². The van der Waals surface area contributed by atoms with Crippen molar-refractivity contribution in [2.75, 3.05) is 0 Å². The second kappa shape index (κ2) is 9.66. The van der Waals surface area contributed by atoms with Crippen LogP contribution in [0, 0.1) is 13.8 Å². The first-order valence-corrected chi connectivity index (χ1v) is 12.1. The van der Waals surface area contributed by atoms with E-state index in [4.69, 9.17) is 4.99 Å². The number of aliphatic imine (C=N–C) groups is 1. The van der Waals surface area contributed by atoms with E-state index in [0.717, 1.165) is 43.9 Å². The normalized spacial score (nSPS) is 11.3. The van der Waals surface area contributed by atoms with E-state index in [0.29, 0.717) is 0 Å². The Morgan fingerprint density at radius 3 is 1.88 bits per heavy atom. The number of rotatable bonds is 5. The van der Waals surface area contributed by atoms with Crippen LogP contribution in [0.15, 0.2) is 119 Å². The smallest absolute Gasteiger partial charge is 0.0635 e. The fourth-order valence-corrected chi connectivity index (χ4v) is 4.63. The molecule has 5 aromatic rings. The number of benzene rings is 4. The maximum atomic E-state index is 4.89. The van der Waals surface area contributed by atoms with Crippen LogP contribution in [0.2, 0.25) is 0 Å². The van der Waals surface area contributed by atoms with Crippen molar-refractivity contribution < 1.29 is 0 Å². The molecule has 1 heterocycles. The van der Waals surface area contributed by atoms with Gasteiger partial charge in [0.2, 0.25) is 0 Å². The minimum Gasteiger partial charge on any atom is -0.309 e. The summed E-state index contributed by atoms with van der Waals surface area (Å²) in [4.78, 5) is 4.89. The van der Waals surface area contributed by atoms with E-state index in [9.17, 15) is 0 Å². The minimum atomic E-state index is 0.967. The Morgan fingerprint density at radius 2 is 1.26 bits per heavy atom. The van der Waals surface area contributed by atoms with Crippen LogP contribution in [0.1, 0.15) is 16.7 Å². The van der Waals surface area contributed by atoms with Crippen molar-refractivity contribution in [3.63, 3.8) is 0 Å². The topological polar surface area (TPSA) is 17.3 Å². The van der Waals surface area contributed by atoms with Crippen molar-refractivity contribution >= 4 is 27.8 Å². The zero-order valence-corrected chi connectivity index (χ0v) is 20.8. The van der Waals surface area contributed by atoms with Gasteiger partial charge in [-0.25, -0.2) is 0 Å². The Labute approximate surface area is 209 Å². The van der Waals surface area contributed by atoms with Gasteiger partial charge in [0.25, 0.3) is 0 Å². The summed E-state index contributed by atoms with van der Waals surface area (Å²) >= 11 is 3.58. The molecule has 5 rings (SSSR count). The Hall–Kier alpha value is -3.69. The second-order valence-corrected chi connectivity index (χ2v) is 9.40. The maximum Gasteiger partial charge on any atom is 0.0635 e. The van der Waals surface area contributed by atoms with E-state index < -0.39 is 0 Å². The molecule has 0 bridgehead atoms. The van der Waals surface area contributed by atoms with Crippen LogP contribution in [0.25, 0.3) is 28.2 Å². The summed E-state index contributed by atoms with van der Waals surface area (Å²) in [6, 6.07) is 38.2. The van der Waals surface area contributed by atoms with E-state index in [1.54, 1.807) is 0 Å². The van der Waals surface area contributed by atoms with Crippen molar-refractivity contribution in [3.8, 4) is 28.2 Å². The molecule has 0 radical (unpaired) electrons. The van der Waals surface area contributed by atoms with Crippen LogP contribution in [0.4, 0.5) is 5.69 Å². The molecule has 1 aromatic heterocycles. The van der Waals surface area contributed by atoms with Gasteiger partial charge in [-0.05, 0) is 78.6 Å². The predicted octanol–water partition coefficient (Wildman–Crippen LogP) is 8.94. The van der Waals surface area contributed by atoms with Crippen LogP contribution in [0.5, 0.6) is 0 Å². The average Bonchev–Trinajstić information content (AvgIpc) is 3.23. The highest BCUT2D eigenvalue weighted by atomic mass is 79.9. The molecule has 0 N–H and O–H groups in total. The van der Waals surface area contributed by atoms with Gasteiger partial charge >= 0.3 is 0 Å². The Morgan fingerprint density at radius 1 is 0.676 bits per heavy atom. The van der Waals surface area contributed by atoms with Crippen LogP contribution >= 0.6 is 15.9 Å². The lowest BCUT2D eigenvalue weighted by atomic mass is 10.1. The van der Waals surface area contributed by atoms with Crippen LogP contribution in [0.3, 0.4) is 0 Å². The molecule has 166 valence electrons. The largest absolute Gasteiger partial charge is 0.309 e. The van der Waals surface area contributed by atoms with Gasteiger partial charge in [-0.3, -0.25) is 4.99 Å². The fourth-order valence-electron chi connectivity index (χ4n) is 4.37. The third-order valence-corrected chi connectivity index (χ3v) is 6.32. The van der Waals surface area contributed by atoms with Gasteiger partial charge in [0, 0.05) is 21.9 Å². The molecule has 0 unspecified atom stereocenters. The highest BCUT2D eigenvalue weighted by molar-refractivity contribution is 9.10. The molecular formula is C31H25BrN2. The molecule has 34 heavy (non-hydrogen) atoms. The van der Waals surface area contributed by atoms with Crippen molar-refractivity contribution in [3.05, 3.63) is 130 Å². The molecule has 0 amide bonds. The number of halogens is 1. The van der Waals surface area contributed by atoms with E-state index in [1.807, 2.05) is 6.21 Å². The third kappa shape index (κ3) is 4.66. The van der Waals surface area contributed by atoms with Gasteiger partial charge in [-0.15, -0.1) is 0 Å². The van der Waals surface area contributed by atoms with Crippen LogP contribution < -0.4 is 0 Å². The van der Waals surface area contributed by atoms with Crippen molar-refractivity contribution in [1.82, 2.24) is 4.57 Å². The van der Waals surface area contributed by atoms with Gasteiger partial charge in [0.05, 0.1) is 17.1 Å². The SMILES string of the molecule is Cc1cc(C)cc(N=Cc2cc(-c3ccccc3)n(-c3ccc(Br)cc3)c2-c2ccccc2)c1. The predicted molar refractivity (Wildman–Crippen MR) is 148 cm³/mol. The lowest BCUT2D eigenvalue weighted by Gasteiger charge is -2.15. The van der Waals surface area contributed by atoms with Gasteiger partial charge in [0.15, 0.2) is 0 Å². The zero-order valence-electron chi connectivity index (χ0n) is 19.2. The zero-order chi connectivity index (χ0) is 23.5. The molecule has 0 fully saturated rings. The maximum absolute atomic E-state index is 4.89. The summed E-state index contributed by atoms with van der Waals surface area (Å²) in [5, 5.41) is 0. The third-order valence-electron chi connectivity index (χ3n) is 5.79. The molecule has 0 aliphatic rings. The standard InChI is InChI=1S/C31H25BrN2/c1-22-17-23(2)19-28(18-22)33-21-26-20-30(24-9-5-3-6-10-24)34(29-15-13-27(32)14-16-29)31(26)25-11-7-4-8-12-25/h3-21H,1-2H3. The Kier molecular flexibility index (Phi) is 6.29. The number of nitrogens with zero attached hydrogens (tertiary/aromatic N) is 2. The highest BCUT2D eigenvalue weighted by Gasteiger charge is 2.18. The molecule has 2 nitrogen and oxygen atoms in total.